The summed E-state index contributed by atoms with van der Waals surface area (Å²) in [4.78, 5) is 0.330. The molecule has 1 aliphatic carbocycles. The fourth-order valence-corrected chi connectivity index (χ4v) is 4.30. The number of ether oxygens (including phenoxy) is 2. The highest BCUT2D eigenvalue weighted by Gasteiger charge is 2.18. The Morgan fingerprint density at radius 1 is 1.00 bits per heavy atom. The topological polar surface area (TPSA) is 64.6 Å². The van der Waals surface area contributed by atoms with Crippen LogP contribution in [0.2, 0.25) is 0 Å². The highest BCUT2D eigenvalue weighted by Crippen LogP contribution is 2.28. The minimum atomic E-state index is -3.55. The van der Waals surface area contributed by atoms with Crippen LogP contribution in [-0.2, 0) is 29.4 Å². The molecule has 0 saturated heterocycles. The summed E-state index contributed by atoms with van der Waals surface area (Å²) in [5.74, 6) is 1.24. The summed E-state index contributed by atoms with van der Waals surface area (Å²) in [6.45, 7) is 2.64. The zero-order chi connectivity index (χ0) is 18.6. The van der Waals surface area contributed by atoms with Gasteiger partial charge in [0.25, 0.3) is 0 Å². The molecule has 2 aromatic rings. The van der Waals surface area contributed by atoms with Crippen LogP contribution in [0.1, 0.15) is 36.5 Å². The lowest BCUT2D eigenvalue weighted by Gasteiger charge is -2.17. The first-order valence-corrected chi connectivity index (χ1v) is 10.4. The van der Waals surface area contributed by atoms with Crippen LogP contribution >= 0.6 is 0 Å². The molecular formula is C20H25NO4S. The van der Waals surface area contributed by atoms with E-state index in [0.29, 0.717) is 23.0 Å². The van der Waals surface area contributed by atoms with E-state index in [9.17, 15) is 8.42 Å². The number of sulfonamides is 1. The summed E-state index contributed by atoms with van der Waals surface area (Å²) in [7, 11) is -1.99. The van der Waals surface area contributed by atoms with E-state index in [2.05, 4.69) is 4.72 Å². The molecule has 1 aliphatic rings. The molecule has 26 heavy (non-hydrogen) atoms. The minimum absolute atomic E-state index is 0.197. The van der Waals surface area contributed by atoms with Crippen molar-refractivity contribution >= 4 is 10.0 Å². The fourth-order valence-electron chi connectivity index (χ4n) is 3.24. The second-order valence-electron chi connectivity index (χ2n) is 6.38. The maximum Gasteiger partial charge on any atom is 0.240 e. The van der Waals surface area contributed by atoms with E-state index in [1.807, 2.05) is 25.1 Å². The number of fused-ring (bicyclic) bond motifs is 1. The molecule has 5 nitrogen and oxygen atoms in total. The van der Waals surface area contributed by atoms with E-state index >= 15 is 0 Å². The van der Waals surface area contributed by atoms with Gasteiger partial charge in [-0.1, -0.05) is 12.1 Å². The van der Waals surface area contributed by atoms with Crippen molar-refractivity contribution in [3.05, 3.63) is 53.1 Å². The molecule has 6 heteroatoms. The lowest BCUT2D eigenvalue weighted by atomic mass is 9.92. The average Bonchev–Trinajstić information content (AvgIpc) is 2.67. The second-order valence-corrected chi connectivity index (χ2v) is 8.15. The van der Waals surface area contributed by atoms with E-state index in [-0.39, 0.29) is 6.54 Å². The van der Waals surface area contributed by atoms with Crippen LogP contribution in [0.3, 0.4) is 0 Å². The maximum atomic E-state index is 12.6. The smallest absolute Gasteiger partial charge is 0.240 e. The molecule has 0 unspecified atom stereocenters. The van der Waals surface area contributed by atoms with Gasteiger partial charge >= 0.3 is 0 Å². The van der Waals surface area contributed by atoms with Crippen molar-refractivity contribution in [2.45, 2.75) is 44.0 Å². The van der Waals surface area contributed by atoms with Crippen LogP contribution in [0.4, 0.5) is 0 Å². The Bertz CT molecular complexity index is 877. The van der Waals surface area contributed by atoms with Gasteiger partial charge in [0.1, 0.15) is 0 Å². The van der Waals surface area contributed by atoms with Crippen LogP contribution in [0.25, 0.3) is 0 Å². The SMILES string of the molecule is CCOc1ccc(CNS(=O)(=O)c2ccc3c(c2)CCCC3)cc1OC. The number of methoxy groups -OCH3 is 1. The number of hydrogen-bond acceptors (Lipinski definition) is 4. The summed E-state index contributed by atoms with van der Waals surface area (Å²) in [5, 5.41) is 0. The molecule has 0 atom stereocenters. The minimum Gasteiger partial charge on any atom is -0.493 e. The first-order chi connectivity index (χ1) is 12.5. The summed E-state index contributed by atoms with van der Waals surface area (Å²) in [6, 6.07) is 10.9. The molecule has 0 amide bonds. The number of hydrogen-bond donors (Lipinski definition) is 1. The van der Waals surface area contributed by atoms with E-state index in [1.165, 1.54) is 12.0 Å². The van der Waals surface area contributed by atoms with E-state index in [0.717, 1.165) is 30.4 Å². The Balaban J connectivity index is 1.74. The number of benzene rings is 2. The van der Waals surface area contributed by atoms with Gasteiger partial charge < -0.3 is 9.47 Å². The molecule has 0 saturated carbocycles. The number of nitrogens with one attached hydrogen (secondary N) is 1. The molecule has 0 radical (unpaired) electrons. The molecule has 0 aliphatic heterocycles. The van der Waals surface area contributed by atoms with Crippen LogP contribution in [0.15, 0.2) is 41.3 Å². The monoisotopic (exact) mass is 375 g/mol. The van der Waals surface area contributed by atoms with Crippen molar-refractivity contribution in [1.29, 1.82) is 0 Å². The third kappa shape index (κ3) is 4.19. The summed E-state index contributed by atoms with van der Waals surface area (Å²) in [6.07, 6.45) is 4.29. The second kappa shape index (κ2) is 8.10. The van der Waals surface area contributed by atoms with Gasteiger partial charge in [0, 0.05) is 6.54 Å². The van der Waals surface area contributed by atoms with Gasteiger partial charge in [0.2, 0.25) is 10.0 Å². The van der Waals surface area contributed by atoms with Crippen molar-refractivity contribution in [1.82, 2.24) is 4.72 Å². The van der Waals surface area contributed by atoms with Gasteiger partial charge in [-0.25, -0.2) is 13.1 Å². The average molecular weight is 375 g/mol. The molecule has 3 rings (SSSR count). The quantitative estimate of drug-likeness (QED) is 0.805. The predicted octanol–water partition coefficient (Wildman–Crippen LogP) is 3.45. The standard InChI is InChI=1S/C20H25NO4S/c1-3-25-19-11-8-15(12-20(19)24-2)14-21-26(22,23)18-10-9-16-6-4-5-7-17(16)13-18/h8-13,21H,3-7,14H2,1-2H3. The first-order valence-electron chi connectivity index (χ1n) is 8.94. The molecule has 2 aromatic carbocycles. The molecule has 0 fully saturated rings. The fraction of sp³-hybridized carbons (Fsp3) is 0.400. The highest BCUT2D eigenvalue weighted by molar-refractivity contribution is 7.89. The maximum absolute atomic E-state index is 12.6. The third-order valence-corrected chi connectivity index (χ3v) is 6.02. The van der Waals surface area contributed by atoms with E-state index in [4.69, 9.17) is 9.47 Å². The van der Waals surface area contributed by atoms with Crippen molar-refractivity contribution in [3.63, 3.8) is 0 Å². The van der Waals surface area contributed by atoms with Crippen molar-refractivity contribution in [2.24, 2.45) is 0 Å². The van der Waals surface area contributed by atoms with Crippen molar-refractivity contribution in [3.8, 4) is 11.5 Å². The molecule has 0 aromatic heterocycles. The summed E-state index contributed by atoms with van der Waals surface area (Å²) >= 11 is 0. The number of aryl methyl sites for hydroxylation is 2. The zero-order valence-corrected chi connectivity index (χ0v) is 16.1. The van der Waals surface area contributed by atoms with E-state index < -0.39 is 10.0 Å². The van der Waals surface area contributed by atoms with Crippen molar-refractivity contribution in [2.75, 3.05) is 13.7 Å². The van der Waals surface area contributed by atoms with Crippen LogP contribution in [-0.4, -0.2) is 22.1 Å². The first kappa shape index (κ1) is 18.7. The normalized spacial score (nSPS) is 13.9. The molecule has 1 N–H and O–H groups in total. The van der Waals surface area contributed by atoms with Gasteiger partial charge in [-0.15, -0.1) is 0 Å². The molecule has 0 spiro atoms. The Morgan fingerprint density at radius 2 is 1.77 bits per heavy atom. The largest absolute Gasteiger partial charge is 0.493 e. The lowest BCUT2D eigenvalue weighted by Crippen LogP contribution is -2.23. The molecular weight excluding hydrogens is 350 g/mol. The predicted molar refractivity (Wildman–Crippen MR) is 101 cm³/mol. The molecule has 140 valence electrons. The van der Waals surface area contributed by atoms with Gasteiger partial charge in [-0.05, 0) is 73.6 Å². The Hall–Kier alpha value is -2.05. The van der Waals surface area contributed by atoms with Gasteiger partial charge in [-0.2, -0.15) is 0 Å². The zero-order valence-electron chi connectivity index (χ0n) is 15.2. The van der Waals surface area contributed by atoms with Gasteiger partial charge in [0.05, 0.1) is 18.6 Å². The third-order valence-electron chi connectivity index (χ3n) is 4.62. The molecule has 0 bridgehead atoms. The van der Waals surface area contributed by atoms with Gasteiger partial charge in [0.15, 0.2) is 11.5 Å². The van der Waals surface area contributed by atoms with Crippen LogP contribution in [0, 0.1) is 0 Å². The van der Waals surface area contributed by atoms with Crippen molar-refractivity contribution < 1.29 is 17.9 Å². The Morgan fingerprint density at radius 3 is 2.50 bits per heavy atom. The van der Waals surface area contributed by atoms with Gasteiger partial charge in [-0.3, -0.25) is 0 Å². The summed E-state index contributed by atoms with van der Waals surface area (Å²) in [5.41, 5.74) is 3.24. The highest BCUT2D eigenvalue weighted by atomic mass is 32.2. The number of rotatable bonds is 7. The molecule has 0 heterocycles. The Kier molecular flexibility index (Phi) is 5.84. The lowest BCUT2D eigenvalue weighted by molar-refractivity contribution is 0.310. The van der Waals surface area contributed by atoms with Crippen LogP contribution < -0.4 is 14.2 Å². The van der Waals surface area contributed by atoms with Crippen LogP contribution in [0.5, 0.6) is 11.5 Å². The Labute approximate surface area is 155 Å². The summed E-state index contributed by atoms with van der Waals surface area (Å²) < 4.78 is 38.8. The van der Waals surface area contributed by atoms with E-state index in [1.54, 1.807) is 25.3 Å².